The summed E-state index contributed by atoms with van der Waals surface area (Å²) in [7, 11) is 0. The largest absolute Gasteiger partial charge is 0.396 e. The molecule has 1 aromatic carbocycles. The Bertz CT molecular complexity index is 621. The molecular weight excluding hydrogens is 331 g/mol. The Morgan fingerprint density at radius 1 is 1.15 bits per heavy atom. The summed E-state index contributed by atoms with van der Waals surface area (Å²) in [6, 6.07) is 6.54. The van der Waals surface area contributed by atoms with Gasteiger partial charge in [-0.1, -0.05) is 24.3 Å². The number of amides is 1. The maximum Gasteiger partial charge on any atom is 0.222 e. The Morgan fingerprint density at radius 2 is 1.88 bits per heavy atom. The zero-order valence-corrected chi connectivity index (χ0v) is 15.4. The monoisotopic (exact) mass is 360 g/mol. The molecular formula is C21H29FN2O2. The van der Waals surface area contributed by atoms with E-state index in [9.17, 15) is 9.18 Å². The first-order chi connectivity index (χ1) is 12.6. The summed E-state index contributed by atoms with van der Waals surface area (Å²) in [4.78, 5) is 16.5. The Balaban J connectivity index is 1.47. The minimum atomic E-state index is -0.206. The standard InChI is InChI=1S/C21H29FN2O2/c22-19-6-4-18(5-7-19)3-1-12-23-14-10-21(11-15-23)9-8-20(26)24(17-21)13-2-16-25/h1,3-7,25H,2,8-17H2/b3-1+. The van der Waals surface area contributed by atoms with Gasteiger partial charge in [0.25, 0.3) is 0 Å². The minimum absolute atomic E-state index is 0.144. The van der Waals surface area contributed by atoms with Crippen molar-refractivity contribution in [3.8, 4) is 0 Å². The third-order valence-corrected chi connectivity index (χ3v) is 5.79. The number of likely N-dealkylation sites (tertiary alicyclic amines) is 2. The van der Waals surface area contributed by atoms with Gasteiger partial charge in [0.1, 0.15) is 5.82 Å². The van der Waals surface area contributed by atoms with Gasteiger partial charge in [-0.2, -0.15) is 0 Å². The number of aliphatic hydroxyl groups is 1. The molecule has 1 amide bonds. The Kier molecular flexibility index (Phi) is 6.43. The molecule has 0 unspecified atom stereocenters. The van der Waals surface area contributed by atoms with E-state index >= 15 is 0 Å². The zero-order chi connectivity index (χ0) is 18.4. The highest BCUT2D eigenvalue weighted by Gasteiger charge is 2.40. The maximum atomic E-state index is 12.9. The van der Waals surface area contributed by atoms with Gasteiger partial charge < -0.3 is 10.0 Å². The third kappa shape index (κ3) is 4.92. The van der Waals surface area contributed by atoms with Crippen molar-refractivity contribution in [1.29, 1.82) is 0 Å². The molecule has 0 saturated carbocycles. The van der Waals surface area contributed by atoms with Crippen LogP contribution in [0.4, 0.5) is 4.39 Å². The van der Waals surface area contributed by atoms with E-state index in [-0.39, 0.29) is 23.7 Å². The first-order valence-electron chi connectivity index (χ1n) is 9.63. The van der Waals surface area contributed by atoms with Gasteiger partial charge in [0.05, 0.1) is 0 Å². The number of halogens is 1. The third-order valence-electron chi connectivity index (χ3n) is 5.79. The van der Waals surface area contributed by atoms with E-state index in [1.54, 1.807) is 12.1 Å². The van der Waals surface area contributed by atoms with Crippen molar-refractivity contribution in [3.05, 3.63) is 41.7 Å². The fourth-order valence-corrected chi connectivity index (χ4v) is 4.10. The van der Waals surface area contributed by atoms with Crippen molar-refractivity contribution in [2.24, 2.45) is 5.41 Å². The molecule has 0 bridgehead atoms. The van der Waals surface area contributed by atoms with Crippen LogP contribution in [0.1, 0.15) is 37.7 Å². The van der Waals surface area contributed by atoms with Gasteiger partial charge in [0.2, 0.25) is 5.91 Å². The predicted molar refractivity (Wildman–Crippen MR) is 101 cm³/mol. The lowest BCUT2D eigenvalue weighted by atomic mass is 9.72. The second-order valence-electron chi connectivity index (χ2n) is 7.65. The number of nitrogens with zero attached hydrogens (tertiary/aromatic N) is 2. The van der Waals surface area contributed by atoms with Gasteiger partial charge in [-0.15, -0.1) is 0 Å². The number of hydrogen-bond acceptors (Lipinski definition) is 3. The fourth-order valence-electron chi connectivity index (χ4n) is 4.10. The highest BCUT2D eigenvalue weighted by atomic mass is 19.1. The first-order valence-corrected chi connectivity index (χ1v) is 9.63. The number of aliphatic hydroxyl groups excluding tert-OH is 1. The summed E-state index contributed by atoms with van der Waals surface area (Å²) in [5.74, 6) is 0.0382. The molecule has 2 heterocycles. The van der Waals surface area contributed by atoms with Crippen molar-refractivity contribution in [1.82, 2.24) is 9.80 Å². The SMILES string of the molecule is O=C1CCC2(CCN(C/C=C/c3ccc(F)cc3)CC2)CN1CCCO. The van der Waals surface area contributed by atoms with E-state index < -0.39 is 0 Å². The van der Waals surface area contributed by atoms with Crippen molar-refractivity contribution in [2.75, 3.05) is 39.3 Å². The molecule has 1 aromatic rings. The number of hydrogen-bond donors (Lipinski definition) is 1. The minimum Gasteiger partial charge on any atom is -0.396 e. The van der Waals surface area contributed by atoms with Gasteiger partial charge >= 0.3 is 0 Å². The summed E-state index contributed by atoms with van der Waals surface area (Å²) in [5.41, 5.74) is 1.28. The average Bonchev–Trinajstić information content (AvgIpc) is 2.66. The Morgan fingerprint density at radius 3 is 2.58 bits per heavy atom. The molecule has 0 aliphatic carbocycles. The number of benzene rings is 1. The lowest BCUT2D eigenvalue weighted by Gasteiger charge is -2.47. The molecule has 2 aliphatic heterocycles. The summed E-state index contributed by atoms with van der Waals surface area (Å²) in [5, 5.41) is 9.03. The van der Waals surface area contributed by atoms with Gasteiger partial charge in [-0.25, -0.2) is 4.39 Å². The van der Waals surface area contributed by atoms with E-state index in [0.717, 1.165) is 51.0 Å². The molecule has 2 fully saturated rings. The summed E-state index contributed by atoms with van der Waals surface area (Å²) >= 11 is 0. The van der Waals surface area contributed by atoms with E-state index in [0.29, 0.717) is 19.4 Å². The van der Waals surface area contributed by atoms with Gasteiger partial charge in [0, 0.05) is 32.7 Å². The van der Waals surface area contributed by atoms with Crippen molar-refractivity contribution in [2.45, 2.75) is 32.1 Å². The number of carbonyl (C=O) groups is 1. The van der Waals surface area contributed by atoms with Crippen LogP contribution in [0.3, 0.4) is 0 Å². The molecule has 4 nitrogen and oxygen atoms in total. The first kappa shape index (κ1) is 19.1. The molecule has 0 radical (unpaired) electrons. The quantitative estimate of drug-likeness (QED) is 0.848. The van der Waals surface area contributed by atoms with Crippen molar-refractivity contribution in [3.63, 3.8) is 0 Å². The zero-order valence-electron chi connectivity index (χ0n) is 15.4. The van der Waals surface area contributed by atoms with Crippen molar-refractivity contribution >= 4 is 12.0 Å². The molecule has 0 aromatic heterocycles. The van der Waals surface area contributed by atoms with Crippen LogP contribution in [0.15, 0.2) is 30.3 Å². The molecule has 1 spiro atoms. The number of carbonyl (C=O) groups excluding carboxylic acids is 1. The normalized spacial score (nSPS) is 21.0. The van der Waals surface area contributed by atoms with Gasteiger partial charge in [0.15, 0.2) is 0 Å². The topological polar surface area (TPSA) is 43.8 Å². The lowest BCUT2D eigenvalue weighted by Crippen LogP contribution is -2.51. The second kappa shape index (κ2) is 8.78. The van der Waals surface area contributed by atoms with E-state index in [1.807, 2.05) is 11.0 Å². The van der Waals surface area contributed by atoms with Crippen LogP contribution in [-0.4, -0.2) is 60.1 Å². The Labute approximate surface area is 155 Å². The van der Waals surface area contributed by atoms with Crippen LogP contribution in [0.5, 0.6) is 0 Å². The number of rotatable bonds is 6. The summed E-state index contributed by atoms with van der Waals surface area (Å²) < 4.78 is 12.9. The summed E-state index contributed by atoms with van der Waals surface area (Å²) in [6.45, 7) is 4.68. The van der Waals surface area contributed by atoms with E-state index in [4.69, 9.17) is 5.11 Å². The van der Waals surface area contributed by atoms with Gasteiger partial charge in [-0.3, -0.25) is 9.69 Å². The van der Waals surface area contributed by atoms with E-state index in [1.165, 1.54) is 12.1 Å². The molecule has 142 valence electrons. The highest BCUT2D eigenvalue weighted by molar-refractivity contribution is 5.77. The Hall–Kier alpha value is -1.72. The van der Waals surface area contributed by atoms with Crippen LogP contribution in [0.25, 0.3) is 6.08 Å². The van der Waals surface area contributed by atoms with Crippen LogP contribution in [0, 0.1) is 11.2 Å². The maximum absolute atomic E-state index is 12.9. The predicted octanol–water partition coefficient (Wildman–Crippen LogP) is 2.93. The molecule has 26 heavy (non-hydrogen) atoms. The molecule has 0 atom stereocenters. The van der Waals surface area contributed by atoms with Crippen molar-refractivity contribution < 1.29 is 14.3 Å². The van der Waals surface area contributed by atoms with Crippen LogP contribution >= 0.6 is 0 Å². The van der Waals surface area contributed by atoms with E-state index in [2.05, 4.69) is 11.0 Å². The molecule has 2 aliphatic rings. The molecule has 3 rings (SSSR count). The molecule has 2 saturated heterocycles. The second-order valence-corrected chi connectivity index (χ2v) is 7.65. The van der Waals surface area contributed by atoms with Gasteiger partial charge in [-0.05, 0) is 61.9 Å². The lowest BCUT2D eigenvalue weighted by molar-refractivity contribution is -0.139. The average molecular weight is 360 g/mol. The smallest absolute Gasteiger partial charge is 0.222 e. The van der Waals surface area contributed by atoms with Crippen LogP contribution < -0.4 is 0 Å². The summed E-state index contributed by atoms with van der Waals surface area (Å²) in [6.07, 6.45) is 8.75. The fraction of sp³-hybridized carbons (Fsp3) is 0.571. The van der Waals surface area contributed by atoms with Crippen LogP contribution in [0.2, 0.25) is 0 Å². The molecule has 1 N–H and O–H groups in total. The number of piperidine rings is 2. The molecule has 5 heteroatoms. The highest BCUT2D eigenvalue weighted by Crippen LogP contribution is 2.40. The van der Waals surface area contributed by atoms with Crippen LogP contribution in [-0.2, 0) is 4.79 Å².